The Morgan fingerprint density at radius 2 is 1.66 bits per heavy atom. The molecule has 1 saturated carbocycles. The molecule has 1 aromatic heterocycles. The highest BCUT2D eigenvalue weighted by Gasteiger charge is 2.24. The summed E-state index contributed by atoms with van der Waals surface area (Å²) in [6.07, 6.45) is 8.22. The lowest BCUT2D eigenvalue weighted by Gasteiger charge is -2.27. The summed E-state index contributed by atoms with van der Waals surface area (Å²) in [4.78, 5) is 19.4. The third-order valence-corrected chi connectivity index (χ3v) is 9.24. The molecule has 0 radical (unpaired) electrons. The van der Waals surface area contributed by atoms with Gasteiger partial charge in [-0.25, -0.2) is 9.37 Å². The maximum atomic E-state index is 15.9. The second-order valence-corrected chi connectivity index (χ2v) is 12.3. The minimum atomic E-state index is -0.361. The van der Waals surface area contributed by atoms with Gasteiger partial charge in [0.1, 0.15) is 24.0 Å². The number of fused-ring (bicyclic) bond motifs is 1. The van der Waals surface area contributed by atoms with Crippen LogP contribution >= 0.6 is 11.6 Å². The molecule has 4 aromatic carbocycles. The summed E-state index contributed by atoms with van der Waals surface area (Å²) in [5, 5.41) is 0.662. The minimum Gasteiger partial charge on any atom is -0.489 e. The summed E-state index contributed by atoms with van der Waals surface area (Å²) >= 11 is 6.16. The Bertz CT molecular complexity index is 1810. The number of amides is 1. The molecule has 0 bridgehead atoms. The number of aromatic nitrogens is 2. The van der Waals surface area contributed by atoms with E-state index >= 15 is 4.39 Å². The Balaban J connectivity index is 1.19. The van der Waals surface area contributed by atoms with Gasteiger partial charge in [-0.1, -0.05) is 61.2 Å². The molecule has 0 atom stereocenters. The smallest absolute Gasteiger partial charge is 0.226 e. The van der Waals surface area contributed by atoms with Gasteiger partial charge < -0.3 is 14.2 Å². The number of carbonyl (C=O) groups excluding carboxylic acids is 1. The third kappa shape index (κ3) is 5.71. The molecule has 224 valence electrons. The number of rotatable bonds is 7. The average molecular weight is 608 g/mol. The van der Waals surface area contributed by atoms with Crippen molar-refractivity contribution in [3.8, 4) is 28.3 Å². The fourth-order valence-electron chi connectivity index (χ4n) is 6.73. The van der Waals surface area contributed by atoms with E-state index in [1.54, 1.807) is 6.07 Å². The Morgan fingerprint density at radius 1 is 0.864 bits per heavy atom. The lowest BCUT2D eigenvalue weighted by Crippen LogP contribution is -2.35. The Hall–Kier alpha value is -4.16. The number of hydrogen-bond acceptors (Lipinski definition) is 3. The molecule has 2 heterocycles. The third-order valence-electron chi connectivity index (χ3n) is 8.99. The van der Waals surface area contributed by atoms with Crippen LogP contribution in [0, 0.1) is 5.82 Å². The zero-order chi connectivity index (χ0) is 30.0. The molecule has 0 unspecified atom stereocenters. The maximum absolute atomic E-state index is 15.9. The molecule has 2 aliphatic rings. The zero-order valence-corrected chi connectivity index (χ0v) is 25.4. The summed E-state index contributed by atoms with van der Waals surface area (Å²) in [5.74, 6) is 0.888. The van der Waals surface area contributed by atoms with Crippen LogP contribution in [0.15, 0.2) is 84.9 Å². The van der Waals surface area contributed by atoms with Gasteiger partial charge in [-0.3, -0.25) is 4.79 Å². The van der Waals surface area contributed by atoms with Crippen molar-refractivity contribution in [1.29, 1.82) is 0 Å². The van der Waals surface area contributed by atoms with Gasteiger partial charge in [-0.15, -0.1) is 0 Å². The number of para-hydroxylation sites is 2. The number of ether oxygens (including phenoxy) is 1. The van der Waals surface area contributed by atoms with E-state index in [1.807, 2.05) is 71.6 Å². The van der Waals surface area contributed by atoms with Crippen LogP contribution in [0.4, 0.5) is 10.1 Å². The molecule has 1 amide bonds. The van der Waals surface area contributed by atoms with Crippen molar-refractivity contribution in [2.45, 2.75) is 64.0 Å². The lowest BCUT2D eigenvalue weighted by atomic mass is 9.95. The predicted octanol–water partition coefficient (Wildman–Crippen LogP) is 9.76. The Kier molecular flexibility index (Phi) is 8.09. The van der Waals surface area contributed by atoms with Crippen molar-refractivity contribution in [3.63, 3.8) is 0 Å². The van der Waals surface area contributed by atoms with Crippen LogP contribution in [0.1, 0.15) is 63.0 Å². The molecular weight excluding hydrogens is 573 g/mol. The van der Waals surface area contributed by atoms with Crippen LogP contribution in [-0.2, 0) is 11.4 Å². The quantitative estimate of drug-likeness (QED) is 0.185. The fourth-order valence-corrected chi connectivity index (χ4v) is 6.85. The topological polar surface area (TPSA) is 47.4 Å². The molecule has 2 fully saturated rings. The van der Waals surface area contributed by atoms with Gasteiger partial charge in [0.05, 0.1) is 16.6 Å². The van der Waals surface area contributed by atoms with Gasteiger partial charge in [0.2, 0.25) is 5.91 Å². The van der Waals surface area contributed by atoms with Gasteiger partial charge >= 0.3 is 0 Å². The first-order chi connectivity index (χ1) is 21.5. The van der Waals surface area contributed by atoms with E-state index in [-0.39, 0.29) is 18.3 Å². The molecule has 0 N–H and O–H groups in total. The number of anilines is 1. The number of carbonyl (C=O) groups is 1. The van der Waals surface area contributed by atoms with Gasteiger partial charge in [-0.05, 0) is 90.9 Å². The summed E-state index contributed by atoms with van der Waals surface area (Å²) in [6, 6.07) is 27.2. The van der Waals surface area contributed by atoms with Crippen LogP contribution in [0.5, 0.6) is 5.75 Å². The van der Waals surface area contributed by atoms with Crippen molar-refractivity contribution in [2.24, 2.45) is 0 Å². The maximum Gasteiger partial charge on any atom is 0.226 e. The second-order valence-electron chi connectivity index (χ2n) is 11.9. The van der Waals surface area contributed by atoms with E-state index in [0.717, 1.165) is 59.1 Å². The van der Waals surface area contributed by atoms with Gasteiger partial charge in [0, 0.05) is 35.8 Å². The first kappa shape index (κ1) is 28.6. The molecular formula is C37H35ClFN3O2. The average Bonchev–Trinajstić information content (AvgIpc) is 3.44. The normalized spacial score (nSPS) is 16.0. The molecule has 1 saturated heterocycles. The van der Waals surface area contributed by atoms with E-state index in [0.29, 0.717) is 41.2 Å². The number of benzene rings is 4. The lowest BCUT2D eigenvalue weighted by molar-refractivity contribution is -0.119. The van der Waals surface area contributed by atoms with E-state index in [1.165, 1.54) is 25.3 Å². The number of hydrogen-bond donors (Lipinski definition) is 0. The summed E-state index contributed by atoms with van der Waals surface area (Å²) in [5.41, 5.74) is 6.15. The fraction of sp³-hybridized carbons (Fsp3) is 0.297. The molecule has 44 heavy (non-hydrogen) atoms. The monoisotopic (exact) mass is 607 g/mol. The first-order valence-electron chi connectivity index (χ1n) is 15.6. The molecule has 7 heteroatoms. The van der Waals surface area contributed by atoms with E-state index < -0.39 is 0 Å². The van der Waals surface area contributed by atoms with Gasteiger partial charge in [-0.2, -0.15) is 0 Å². The van der Waals surface area contributed by atoms with E-state index in [4.69, 9.17) is 21.3 Å². The highest BCUT2D eigenvalue weighted by Crippen LogP contribution is 2.38. The van der Waals surface area contributed by atoms with Crippen LogP contribution in [-0.4, -0.2) is 22.0 Å². The second kappa shape index (κ2) is 12.4. The molecule has 0 spiro atoms. The standard InChI is InChI=1S/C37H35ClFN3O2/c38-27-15-13-25(14-16-27)31-19-17-29(41-21-7-6-12-36(41)43)22-26(31)24-44-30-18-20-32(33(39)23-30)37-40-34-10-4-5-11-35(34)42(37)28-8-2-1-3-9-28/h4-5,10-11,13-20,22-23,28H,1-3,6-9,12,21,24H2. The molecule has 1 aliphatic heterocycles. The SMILES string of the molecule is O=C1CCCCN1c1ccc(-c2ccc(Cl)cc2)c(COc2ccc(-c3nc4ccccc4n3C3CCCCC3)c(F)c2)c1. The van der Waals surface area contributed by atoms with Crippen LogP contribution in [0.25, 0.3) is 33.5 Å². The Morgan fingerprint density at radius 3 is 2.45 bits per heavy atom. The highest BCUT2D eigenvalue weighted by atomic mass is 35.5. The zero-order valence-electron chi connectivity index (χ0n) is 24.6. The van der Waals surface area contributed by atoms with Crippen LogP contribution in [0.2, 0.25) is 5.02 Å². The predicted molar refractivity (Wildman–Crippen MR) is 175 cm³/mol. The molecule has 7 rings (SSSR count). The summed E-state index contributed by atoms with van der Waals surface area (Å²) < 4.78 is 24.4. The first-order valence-corrected chi connectivity index (χ1v) is 16.0. The summed E-state index contributed by atoms with van der Waals surface area (Å²) in [6.45, 7) is 0.922. The van der Waals surface area contributed by atoms with Crippen molar-refractivity contribution < 1.29 is 13.9 Å². The van der Waals surface area contributed by atoms with Crippen molar-refractivity contribution >= 4 is 34.2 Å². The van der Waals surface area contributed by atoms with Crippen molar-refractivity contribution in [3.05, 3.63) is 101 Å². The van der Waals surface area contributed by atoms with E-state index in [9.17, 15) is 4.79 Å². The van der Waals surface area contributed by atoms with Crippen LogP contribution in [0.3, 0.4) is 0 Å². The van der Waals surface area contributed by atoms with Crippen molar-refractivity contribution in [2.75, 3.05) is 11.4 Å². The Labute approximate surface area is 262 Å². The van der Waals surface area contributed by atoms with Gasteiger partial charge in [0.25, 0.3) is 0 Å². The van der Waals surface area contributed by atoms with Gasteiger partial charge in [0.15, 0.2) is 0 Å². The largest absolute Gasteiger partial charge is 0.489 e. The van der Waals surface area contributed by atoms with Crippen molar-refractivity contribution in [1.82, 2.24) is 9.55 Å². The number of imidazole rings is 1. The number of halogens is 2. The number of nitrogens with zero attached hydrogens (tertiary/aromatic N) is 3. The minimum absolute atomic E-state index is 0.138. The highest BCUT2D eigenvalue weighted by molar-refractivity contribution is 6.30. The number of piperidine rings is 1. The molecule has 5 nitrogen and oxygen atoms in total. The molecule has 1 aliphatic carbocycles. The van der Waals surface area contributed by atoms with Crippen LogP contribution < -0.4 is 9.64 Å². The molecule has 5 aromatic rings. The van der Waals surface area contributed by atoms with E-state index in [2.05, 4.69) is 10.6 Å². The summed E-state index contributed by atoms with van der Waals surface area (Å²) in [7, 11) is 0.